The second kappa shape index (κ2) is 8.45. The predicted molar refractivity (Wildman–Crippen MR) is 102 cm³/mol. The maximum atomic E-state index is 12.7. The van der Waals surface area contributed by atoms with Gasteiger partial charge in [0, 0.05) is 32.7 Å². The molecule has 4 heterocycles. The highest BCUT2D eigenvalue weighted by atomic mass is 16.5. The first-order chi connectivity index (χ1) is 13.6. The van der Waals surface area contributed by atoms with E-state index in [4.69, 9.17) is 9.15 Å². The zero-order valence-electron chi connectivity index (χ0n) is 16.6. The molecule has 4 rings (SSSR count). The summed E-state index contributed by atoms with van der Waals surface area (Å²) in [6, 6.07) is 3.78. The van der Waals surface area contributed by atoms with Crippen LogP contribution in [0.25, 0.3) is 0 Å². The summed E-state index contributed by atoms with van der Waals surface area (Å²) in [6.45, 7) is 8.81. The lowest BCUT2D eigenvalue weighted by molar-refractivity contribution is -0.126. The third kappa shape index (κ3) is 4.12. The Morgan fingerprint density at radius 3 is 2.93 bits per heavy atom. The van der Waals surface area contributed by atoms with E-state index in [0.29, 0.717) is 13.2 Å². The van der Waals surface area contributed by atoms with Crippen molar-refractivity contribution in [1.82, 2.24) is 25.0 Å². The van der Waals surface area contributed by atoms with E-state index >= 15 is 0 Å². The molecule has 2 atom stereocenters. The highest BCUT2D eigenvalue weighted by molar-refractivity contribution is 5.79. The molecule has 2 aliphatic heterocycles. The van der Waals surface area contributed by atoms with Gasteiger partial charge in [-0.25, -0.2) is 0 Å². The third-order valence-corrected chi connectivity index (χ3v) is 5.65. The van der Waals surface area contributed by atoms with E-state index in [1.165, 1.54) is 0 Å². The fraction of sp³-hybridized carbons (Fsp3) is 0.650. The van der Waals surface area contributed by atoms with Gasteiger partial charge in [0.05, 0.1) is 31.4 Å². The molecule has 8 nitrogen and oxygen atoms in total. The molecule has 1 fully saturated rings. The summed E-state index contributed by atoms with van der Waals surface area (Å²) in [5.41, 5.74) is 0. The first-order valence-electron chi connectivity index (χ1n) is 10.2. The van der Waals surface area contributed by atoms with Gasteiger partial charge in [-0.1, -0.05) is 13.8 Å². The van der Waals surface area contributed by atoms with E-state index in [0.717, 1.165) is 56.4 Å². The van der Waals surface area contributed by atoms with Crippen molar-refractivity contribution >= 4 is 5.91 Å². The van der Waals surface area contributed by atoms with Crippen LogP contribution >= 0.6 is 0 Å². The van der Waals surface area contributed by atoms with Crippen LogP contribution in [-0.4, -0.2) is 51.9 Å². The van der Waals surface area contributed by atoms with Gasteiger partial charge >= 0.3 is 0 Å². The third-order valence-electron chi connectivity index (χ3n) is 5.65. The van der Waals surface area contributed by atoms with Crippen LogP contribution < -0.4 is 5.32 Å². The number of ether oxygens (including phenoxy) is 1. The fourth-order valence-electron chi connectivity index (χ4n) is 3.94. The first-order valence-corrected chi connectivity index (χ1v) is 10.2. The van der Waals surface area contributed by atoms with Crippen molar-refractivity contribution in [3.05, 3.63) is 35.8 Å². The number of amides is 1. The topological polar surface area (TPSA) is 85.4 Å². The lowest BCUT2D eigenvalue weighted by atomic mass is 10.0. The molecule has 1 saturated heterocycles. The number of carbonyl (C=O) groups is 1. The van der Waals surface area contributed by atoms with Gasteiger partial charge in [-0.2, -0.15) is 0 Å². The van der Waals surface area contributed by atoms with Crippen LogP contribution in [0.5, 0.6) is 0 Å². The average molecular weight is 387 g/mol. The zero-order valence-corrected chi connectivity index (χ0v) is 16.6. The smallest absolute Gasteiger partial charge is 0.226 e. The summed E-state index contributed by atoms with van der Waals surface area (Å²) in [7, 11) is 0. The highest BCUT2D eigenvalue weighted by Gasteiger charge is 2.31. The quantitative estimate of drug-likeness (QED) is 0.813. The van der Waals surface area contributed by atoms with Gasteiger partial charge in [-0.3, -0.25) is 9.69 Å². The molecule has 0 bridgehead atoms. The van der Waals surface area contributed by atoms with Crippen LogP contribution in [0.15, 0.2) is 22.8 Å². The van der Waals surface area contributed by atoms with Crippen molar-refractivity contribution < 1.29 is 13.9 Å². The van der Waals surface area contributed by atoms with Crippen molar-refractivity contribution in [3.8, 4) is 0 Å². The van der Waals surface area contributed by atoms with Gasteiger partial charge in [-0.05, 0) is 24.5 Å². The van der Waals surface area contributed by atoms with Crippen LogP contribution in [0, 0.1) is 11.8 Å². The molecule has 28 heavy (non-hydrogen) atoms. The summed E-state index contributed by atoms with van der Waals surface area (Å²) in [5.74, 6) is 3.04. The Hall–Kier alpha value is -2.19. The average Bonchev–Trinajstić information content (AvgIpc) is 3.42. The molecule has 0 aliphatic carbocycles. The lowest BCUT2D eigenvalue weighted by Gasteiger charge is -2.24. The number of aromatic nitrogens is 3. The van der Waals surface area contributed by atoms with E-state index < -0.39 is 0 Å². The summed E-state index contributed by atoms with van der Waals surface area (Å²) < 4.78 is 13.0. The number of furan rings is 1. The van der Waals surface area contributed by atoms with E-state index in [1.54, 1.807) is 6.26 Å². The maximum absolute atomic E-state index is 12.7. The number of hydrogen-bond acceptors (Lipinski definition) is 6. The molecule has 2 aliphatic rings. The van der Waals surface area contributed by atoms with Gasteiger partial charge in [0.25, 0.3) is 0 Å². The molecule has 152 valence electrons. The Labute approximate surface area is 165 Å². The fourth-order valence-corrected chi connectivity index (χ4v) is 3.94. The van der Waals surface area contributed by atoms with Gasteiger partial charge in [0.15, 0.2) is 5.82 Å². The summed E-state index contributed by atoms with van der Waals surface area (Å²) in [6.07, 6.45) is 3.34. The largest absolute Gasteiger partial charge is 0.468 e. The molecule has 2 aromatic rings. The number of nitrogens with one attached hydrogen (secondary N) is 1. The number of carbonyl (C=O) groups excluding carboxylic acids is 1. The first kappa shape index (κ1) is 19.1. The van der Waals surface area contributed by atoms with Crippen molar-refractivity contribution in [2.24, 2.45) is 11.8 Å². The Morgan fingerprint density at radius 1 is 1.32 bits per heavy atom. The summed E-state index contributed by atoms with van der Waals surface area (Å²) >= 11 is 0. The minimum absolute atomic E-state index is 0.0571. The van der Waals surface area contributed by atoms with E-state index in [1.807, 2.05) is 12.1 Å². The van der Waals surface area contributed by atoms with Crippen LogP contribution in [0.3, 0.4) is 0 Å². The molecular formula is C20H29N5O3. The van der Waals surface area contributed by atoms with Crippen molar-refractivity contribution in [3.63, 3.8) is 0 Å². The van der Waals surface area contributed by atoms with Gasteiger partial charge < -0.3 is 19.0 Å². The molecule has 0 spiro atoms. The Bertz CT molecular complexity index is 780. The van der Waals surface area contributed by atoms with Crippen LogP contribution in [-0.2, 0) is 29.0 Å². The Balaban J connectivity index is 1.46. The minimum Gasteiger partial charge on any atom is -0.468 e. The van der Waals surface area contributed by atoms with E-state index in [-0.39, 0.29) is 23.8 Å². The summed E-state index contributed by atoms with van der Waals surface area (Å²) in [5, 5.41) is 12.1. The molecule has 0 saturated carbocycles. The summed E-state index contributed by atoms with van der Waals surface area (Å²) in [4.78, 5) is 15.0. The van der Waals surface area contributed by atoms with E-state index in [9.17, 15) is 4.79 Å². The standard InChI is InChI=1S/C20H29N5O3/c1-14(2)18(21-20(26)15-6-11-27-13-15)19-23-22-17-5-7-24(8-9-25(17)19)12-16-4-3-10-28-16/h3-4,10,14-15,18H,5-9,11-13H2,1-2H3,(H,21,26). The molecule has 0 radical (unpaired) electrons. The van der Waals surface area contributed by atoms with Crippen molar-refractivity contribution in [2.45, 2.75) is 45.8 Å². The van der Waals surface area contributed by atoms with Crippen LogP contribution in [0.1, 0.15) is 43.7 Å². The van der Waals surface area contributed by atoms with E-state index in [2.05, 4.69) is 38.8 Å². The second-order valence-electron chi connectivity index (χ2n) is 8.02. The van der Waals surface area contributed by atoms with Gasteiger partial charge in [-0.15, -0.1) is 10.2 Å². The van der Waals surface area contributed by atoms with Gasteiger partial charge in [0.1, 0.15) is 11.6 Å². The molecule has 2 unspecified atom stereocenters. The molecule has 2 aromatic heterocycles. The number of nitrogens with zero attached hydrogens (tertiary/aromatic N) is 4. The van der Waals surface area contributed by atoms with Crippen molar-refractivity contribution in [1.29, 1.82) is 0 Å². The number of hydrogen-bond donors (Lipinski definition) is 1. The number of fused-ring (bicyclic) bond motifs is 1. The monoisotopic (exact) mass is 387 g/mol. The Kier molecular flexibility index (Phi) is 5.77. The lowest BCUT2D eigenvalue weighted by Crippen LogP contribution is -2.38. The number of rotatable bonds is 6. The van der Waals surface area contributed by atoms with Crippen LogP contribution in [0.2, 0.25) is 0 Å². The molecule has 1 N–H and O–H groups in total. The molecule has 1 amide bonds. The highest BCUT2D eigenvalue weighted by Crippen LogP contribution is 2.24. The zero-order chi connectivity index (χ0) is 19.5. The predicted octanol–water partition coefficient (Wildman–Crippen LogP) is 1.78. The second-order valence-corrected chi connectivity index (χ2v) is 8.02. The molecule has 8 heteroatoms. The maximum Gasteiger partial charge on any atom is 0.226 e. The molecular weight excluding hydrogens is 358 g/mol. The minimum atomic E-state index is -0.147. The van der Waals surface area contributed by atoms with Crippen LogP contribution in [0.4, 0.5) is 0 Å². The SMILES string of the molecule is CC(C)C(NC(=O)C1CCOC1)c1nnc2n1CCN(Cc1ccco1)CC2. The molecule has 0 aromatic carbocycles. The van der Waals surface area contributed by atoms with Gasteiger partial charge in [0.2, 0.25) is 5.91 Å². The normalized spacial score (nSPS) is 21.5. The Morgan fingerprint density at radius 2 is 2.21 bits per heavy atom. The van der Waals surface area contributed by atoms with Crippen molar-refractivity contribution in [2.75, 3.05) is 26.3 Å².